The highest BCUT2D eigenvalue weighted by molar-refractivity contribution is 6.09. The van der Waals surface area contributed by atoms with Crippen molar-refractivity contribution in [1.29, 1.82) is 0 Å². The topological polar surface area (TPSA) is 34.9 Å². The molecule has 148 valence electrons. The summed E-state index contributed by atoms with van der Waals surface area (Å²) in [6.45, 7) is 0. The SMILES string of the molecule is O=C(/C=C/c1cn(-c2ccccc2)nc1-c1ccccc1)c1ccc2ccccc2c1. The summed E-state index contributed by atoms with van der Waals surface area (Å²) in [4.78, 5) is 12.9. The lowest BCUT2D eigenvalue weighted by Gasteiger charge is -2.01. The van der Waals surface area contributed by atoms with Gasteiger partial charge >= 0.3 is 0 Å². The average Bonchev–Trinajstić information content (AvgIpc) is 3.28. The van der Waals surface area contributed by atoms with Crippen LogP contribution < -0.4 is 0 Å². The number of aromatic nitrogens is 2. The van der Waals surface area contributed by atoms with Gasteiger partial charge in [-0.15, -0.1) is 0 Å². The number of allylic oxidation sites excluding steroid dienone is 1. The maximum atomic E-state index is 12.9. The van der Waals surface area contributed by atoms with E-state index in [2.05, 4.69) is 0 Å². The van der Waals surface area contributed by atoms with Crippen LogP contribution in [0.5, 0.6) is 0 Å². The minimum atomic E-state index is -0.0303. The molecular weight excluding hydrogens is 380 g/mol. The number of carbonyl (C=O) groups is 1. The van der Waals surface area contributed by atoms with E-state index in [9.17, 15) is 4.79 Å². The Hall–Kier alpha value is -4.24. The van der Waals surface area contributed by atoms with Crippen LogP contribution in [0.1, 0.15) is 15.9 Å². The van der Waals surface area contributed by atoms with Crippen molar-refractivity contribution in [1.82, 2.24) is 9.78 Å². The number of para-hydroxylation sites is 1. The smallest absolute Gasteiger partial charge is 0.185 e. The van der Waals surface area contributed by atoms with E-state index in [1.54, 1.807) is 6.08 Å². The molecule has 0 N–H and O–H groups in total. The number of nitrogens with zero attached hydrogens (tertiary/aromatic N) is 2. The molecule has 5 rings (SSSR count). The van der Waals surface area contributed by atoms with Crippen LogP contribution in [0.25, 0.3) is 33.8 Å². The van der Waals surface area contributed by atoms with Gasteiger partial charge in [-0.25, -0.2) is 4.68 Å². The summed E-state index contributed by atoms with van der Waals surface area (Å²) in [6.07, 6.45) is 5.44. The van der Waals surface area contributed by atoms with Crippen LogP contribution in [-0.4, -0.2) is 15.6 Å². The maximum absolute atomic E-state index is 12.9. The van der Waals surface area contributed by atoms with E-state index in [-0.39, 0.29) is 5.78 Å². The van der Waals surface area contributed by atoms with Crippen LogP contribution in [-0.2, 0) is 0 Å². The Bertz CT molecular complexity index is 1380. The fourth-order valence-corrected chi connectivity index (χ4v) is 3.65. The predicted molar refractivity (Wildman–Crippen MR) is 126 cm³/mol. The van der Waals surface area contributed by atoms with Crippen LogP contribution in [0, 0.1) is 0 Å². The van der Waals surface area contributed by atoms with Crippen molar-refractivity contribution in [3.05, 3.63) is 127 Å². The molecule has 0 saturated heterocycles. The van der Waals surface area contributed by atoms with Crippen LogP contribution in [0.3, 0.4) is 0 Å². The molecule has 0 radical (unpaired) electrons. The van der Waals surface area contributed by atoms with Crippen molar-refractivity contribution in [2.24, 2.45) is 0 Å². The monoisotopic (exact) mass is 400 g/mol. The number of fused-ring (bicyclic) bond motifs is 1. The van der Waals surface area contributed by atoms with Gasteiger partial charge in [-0.2, -0.15) is 5.10 Å². The highest BCUT2D eigenvalue weighted by Crippen LogP contribution is 2.25. The lowest BCUT2D eigenvalue weighted by Crippen LogP contribution is -1.93. The van der Waals surface area contributed by atoms with E-state index >= 15 is 0 Å². The fraction of sp³-hybridized carbons (Fsp3) is 0. The third-order valence-electron chi connectivity index (χ3n) is 5.26. The highest BCUT2D eigenvalue weighted by atomic mass is 16.1. The van der Waals surface area contributed by atoms with Crippen molar-refractivity contribution in [3.63, 3.8) is 0 Å². The quantitative estimate of drug-likeness (QED) is 0.246. The van der Waals surface area contributed by atoms with Crippen LogP contribution in [0.15, 0.2) is 115 Å². The molecule has 0 fully saturated rings. The van der Waals surface area contributed by atoms with Crippen LogP contribution >= 0.6 is 0 Å². The second kappa shape index (κ2) is 8.25. The van der Waals surface area contributed by atoms with Gasteiger partial charge in [0.15, 0.2) is 5.78 Å². The molecule has 0 unspecified atom stereocenters. The molecular formula is C28H20N2O. The van der Waals surface area contributed by atoms with Gasteiger partial charge in [0.1, 0.15) is 0 Å². The molecule has 0 saturated carbocycles. The Morgan fingerprint density at radius 3 is 2.19 bits per heavy atom. The first kappa shape index (κ1) is 18.8. The first-order valence-electron chi connectivity index (χ1n) is 10.2. The number of carbonyl (C=O) groups excluding carboxylic acids is 1. The Morgan fingerprint density at radius 2 is 1.42 bits per heavy atom. The number of rotatable bonds is 5. The summed E-state index contributed by atoms with van der Waals surface area (Å²) in [6, 6.07) is 33.8. The highest BCUT2D eigenvalue weighted by Gasteiger charge is 2.11. The van der Waals surface area contributed by atoms with Gasteiger partial charge in [-0.3, -0.25) is 4.79 Å². The third kappa shape index (κ3) is 3.94. The summed E-state index contributed by atoms with van der Waals surface area (Å²) >= 11 is 0. The molecule has 0 atom stereocenters. The molecule has 0 aliphatic rings. The molecule has 0 aliphatic heterocycles. The van der Waals surface area contributed by atoms with Gasteiger partial charge in [0.05, 0.1) is 11.4 Å². The normalized spacial score (nSPS) is 11.2. The average molecular weight is 400 g/mol. The zero-order valence-electron chi connectivity index (χ0n) is 16.8. The summed E-state index contributed by atoms with van der Waals surface area (Å²) in [7, 11) is 0. The van der Waals surface area contributed by atoms with Gasteiger partial charge in [0, 0.05) is 22.9 Å². The molecule has 0 aliphatic carbocycles. The van der Waals surface area contributed by atoms with Gasteiger partial charge in [0.25, 0.3) is 0 Å². The van der Waals surface area contributed by atoms with E-state index in [1.807, 2.05) is 120 Å². The molecule has 0 amide bonds. The van der Waals surface area contributed by atoms with Crippen molar-refractivity contribution >= 4 is 22.6 Å². The summed E-state index contributed by atoms with van der Waals surface area (Å²) < 4.78 is 1.85. The van der Waals surface area contributed by atoms with E-state index in [0.717, 1.165) is 33.3 Å². The third-order valence-corrected chi connectivity index (χ3v) is 5.26. The maximum Gasteiger partial charge on any atom is 0.185 e. The number of ketones is 1. The molecule has 4 aromatic carbocycles. The minimum Gasteiger partial charge on any atom is -0.289 e. The van der Waals surface area contributed by atoms with Crippen molar-refractivity contribution < 1.29 is 4.79 Å². The Kier molecular flexibility index (Phi) is 4.99. The fourth-order valence-electron chi connectivity index (χ4n) is 3.65. The Labute approximate surface area is 180 Å². The van der Waals surface area contributed by atoms with E-state index in [0.29, 0.717) is 5.56 Å². The molecule has 3 nitrogen and oxygen atoms in total. The van der Waals surface area contributed by atoms with E-state index < -0.39 is 0 Å². The minimum absolute atomic E-state index is 0.0303. The second-order valence-corrected chi connectivity index (χ2v) is 7.34. The van der Waals surface area contributed by atoms with E-state index in [1.165, 1.54) is 0 Å². The van der Waals surface area contributed by atoms with Crippen LogP contribution in [0.2, 0.25) is 0 Å². The molecule has 3 heteroatoms. The molecule has 5 aromatic rings. The summed E-state index contributed by atoms with van der Waals surface area (Å²) in [5.74, 6) is -0.0303. The summed E-state index contributed by atoms with van der Waals surface area (Å²) in [5.41, 5.74) is 4.39. The zero-order chi connectivity index (χ0) is 21.0. The molecule has 0 spiro atoms. The molecule has 0 bridgehead atoms. The van der Waals surface area contributed by atoms with Crippen molar-refractivity contribution in [2.75, 3.05) is 0 Å². The first-order chi connectivity index (χ1) is 15.3. The Morgan fingerprint density at radius 1 is 0.742 bits per heavy atom. The van der Waals surface area contributed by atoms with Crippen molar-refractivity contribution in [2.45, 2.75) is 0 Å². The molecule has 1 aromatic heterocycles. The lowest BCUT2D eigenvalue weighted by molar-refractivity contribution is 0.104. The van der Waals surface area contributed by atoms with Gasteiger partial charge in [-0.1, -0.05) is 84.9 Å². The largest absolute Gasteiger partial charge is 0.289 e. The Balaban J connectivity index is 1.51. The second-order valence-electron chi connectivity index (χ2n) is 7.34. The lowest BCUT2D eigenvalue weighted by atomic mass is 10.0. The van der Waals surface area contributed by atoms with Crippen molar-refractivity contribution in [3.8, 4) is 16.9 Å². The standard InChI is InChI=1S/C28H20N2O/c31-27(24-16-15-21-9-7-8-12-23(21)19-24)18-17-25-20-30(26-13-5-2-6-14-26)29-28(25)22-10-3-1-4-11-22/h1-20H/b18-17+. The first-order valence-corrected chi connectivity index (χ1v) is 10.2. The molecule has 1 heterocycles. The van der Waals surface area contributed by atoms with Gasteiger partial charge in [0.2, 0.25) is 0 Å². The number of benzene rings is 4. The summed E-state index contributed by atoms with van der Waals surface area (Å²) in [5, 5.41) is 6.98. The number of hydrogen-bond donors (Lipinski definition) is 0. The zero-order valence-corrected chi connectivity index (χ0v) is 16.8. The predicted octanol–water partition coefficient (Wildman–Crippen LogP) is 6.59. The van der Waals surface area contributed by atoms with E-state index in [4.69, 9.17) is 5.10 Å². The molecule has 31 heavy (non-hydrogen) atoms. The number of hydrogen-bond acceptors (Lipinski definition) is 2. The van der Waals surface area contributed by atoms with Gasteiger partial charge in [-0.05, 0) is 41.1 Å². The van der Waals surface area contributed by atoms with Gasteiger partial charge < -0.3 is 0 Å². The van der Waals surface area contributed by atoms with Crippen LogP contribution in [0.4, 0.5) is 0 Å².